The Labute approximate surface area is 69.5 Å². The molecule has 0 radical (unpaired) electrons. The number of hydrogen-bond acceptors (Lipinski definition) is 2. The summed E-state index contributed by atoms with van der Waals surface area (Å²) >= 11 is 0. The molecule has 2 heteroatoms. The first kappa shape index (κ1) is 9.01. The molecule has 0 bridgehead atoms. The largest absolute Gasteiger partial charge is 0.374 e. The number of hydrogen-bond donors (Lipinski definition) is 0. The Morgan fingerprint density at radius 2 is 2.27 bits per heavy atom. The van der Waals surface area contributed by atoms with Gasteiger partial charge in [0.2, 0.25) is 0 Å². The van der Waals surface area contributed by atoms with Crippen LogP contribution in [0.5, 0.6) is 0 Å². The van der Waals surface area contributed by atoms with Crippen LogP contribution in [0.1, 0.15) is 27.2 Å². The van der Waals surface area contributed by atoms with Crippen molar-refractivity contribution in [3.63, 3.8) is 0 Å². The summed E-state index contributed by atoms with van der Waals surface area (Å²) in [5.41, 5.74) is 0. The lowest BCUT2D eigenvalue weighted by molar-refractivity contribution is 0.0143. The molecule has 1 heterocycles. The highest BCUT2D eigenvalue weighted by Crippen LogP contribution is 2.13. The van der Waals surface area contributed by atoms with E-state index in [4.69, 9.17) is 4.74 Å². The molecule has 1 aliphatic heterocycles. The Morgan fingerprint density at radius 1 is 1.55 bits per heavy atom. The lowest BCUT2D eigenvalue weighted by atomic mass is 10.3. The summed E-state index contributed by atoms with van der Waals surface area (Å²) < 4.78 is 5.70. The van der Waals surface area contributed by atoms with Gasteiger partial charge in [-0.2, -0.15) is 0 Å². The molecular weight excluding hydrogens is 138 g/mol. The summed E-state index contributed by atoms with van der Waals surface area (Å²) in [6.07, 6.45) is 2.10. The maximum atomic E-state index is 5.70. The van der Waals surface area contributed by atoms with E-state index in [0.29, 0.717) is 12.2 Å². The topological polar surface area (TPSA) is 12.5 Å². The molecule has 1 rings (SSSR count). The standard InChI is InChI=1S/C9H19NO/c1-4-10-6-5-9(7-10)11-8(2)3/h8-9H,4-7H2,1-3H3/t9-/m0/s1. The Balaban J connectivity index is 2.19. The average molecular weight is 157 g/mol. The molecule has 0 aliphatic carbocycles. The number of likely N-dealkylation sites (tertiary alicyclic amines) is 1. The quantitative estimate of drug-likeness (QED) is 0.615. The minimum Gasteiger partial charge on any atom is -0.374 e. The van der Waals surface area contributed by atoms with Gasteiger partial charge in [0.15, 0.2) is 0 Å². The summed E-state index contributed by atoms with van der Waals surface area (Å²) in [7, 11) is 0. The van der Waals surface area contributed by atoms with Gasteiger partial charge in [-0.1, -0.05) is 6.92 Å². The van der Waals surface area contributed by atoms with E-state index in [1.165, 1.54) is 13.0 Å². The van der Waals surface area contributed by atoms with Crippen molar-refractivity contribution in [2.24, 2.45) is 0 Å². The van der Waals surface area contributed by atoms with Gasteiger partial charge in [-0.15, -0.1) is 0 Å². The maximum Gasteiger partial charge on any atom is 0.0717 e. The molecule has 2 nitrogen and oxygen atoms in total. The van der Waals surface area contributed by atoms with E-state index in [0.717, 1.165) is 13.1 Å². The predicted octanol–water partition coefficient (Wildman–Crippen LogP) is 1.51. The van der Waals surface area contributed by atoms with Crippen LogP contribution in [0.25, 0.3) is 0 Å². The van der Waals surface area contributed by atoms with Crippen molar-refractivity contribution < 1.29 is 4.74 Å². The Hall–Kier alpha value is -0.0800. The summed E-state index contributed by atoms with van der Waals surface area (Å²) in [6.45, 7) is 9.93. The van der Waals surface area contributed by atoms with E-state index in [-0.39, 0.29) is 0 Å². The molecule has 0 saturated carbocycles. The van der Waals surface area contributed by atoms with E-state index >= 15 is 0 Å². The molecule has 0 aromatic carbocycles. The van der Waals surface area contributed by atoms with Crippen molar-refractivity contribution in [1.29, 1.82) is 0 Å². The van der Waals surface area contributed by atoms with Crippen molar-refractivity contribution in [1.82, 2.24) is 4.90 Å². The molecule has 0 spiro atoms. The van der Waals surface area contributed by atoms with Gasteiger partial charge in [-0.25, -0.2) is 0 Å². The molecule has 0 aromatic heterocycles. The number of likely N-dealkylation sites (N-methyl/N-ethyl adjacent to an activating group) is 1. The van der Waals surface area contributed by atoms with Gasteiger partial charge in [0.1, 0.15) is 0 Å². The van der Waals surface area contributed by atoms with Gasteiger partial charge in [0.05, 0.1) is 12.2 Å². The van der Waals surface area contributed by atoms with Gasteiger partial charge in [-0.05, 0) is 26.8 Å². The third-order valence-electron chi connectivity index (χ3n) is 2.14. The first-order valence-electron chi connectivity index (χ1n) is 4.60. The summed E-state index contributed by atoms with van der Waals surface area (Å²) in [4.78, 5) is 2.44. The molecular formula is C9H19NO. The highest BCUT2D eigenvalue weighted by molar-refractivity contribution is 4.75. The fraction of sp³-hybridized carbons (Fsp3) is 1.00. The third kappa shape index (κ3) is 2.80. The summed E-state index contributed by atoms with van der Waals surface area (Å²) in [5, 5.41) is 0. The fourth-order valence-electron chi connectivity index (χ4n) is 1.58. The van der Waals surface area contributed by atoms with Gasteiger partial charge in [0, 0.05) is 13.1 Å². The smallest absolute Gasteiger partial charge is 0.0717 e. The zero-order chi connectivity index (χ0) is 8.27. The zero-order valence-electron chi connectivity index (χ0n) is 7.84. The molecule has 1 atom stereocenters. The normalized spacial score (nSPS) is 26.7. The lowest BCUT2D eigenvalue weighted by Crippen LogP contribution is -2.24. The first-order valence-corrected chi connectivity index (χ1v) is 4.60. The van der Waals surface area contributed by atoms with E-state index in [1.54, 1.807) is 0 Å². The molecule has 66 valence electrons. The molecule has 0 amide bonds. The fourth-order valence-corrected chi connectivity index (χ4v) is 1.58. The minimum atomic E-state index is 0.386. The number of ether oxygens (including phenoxy) is 1. The zero-order valence-corrected chi connectivity index (χ0v) is 7.84. The van der Waals surface area contributed by atoms with Crippen molar-refractivity contribution in [2.45, 2.75) is 39.4 Å². The molecule has 0 N–H and O–H groups in total. The second kappa shape index (κ2) is 4.07. The molecule has 1 saturated heterocycles. The molecule has 1 fully saturated rings. The summed E-state index contributed by atoms with van der Waals surface area (Å²) in [6, 6.07) is 0. The van der Waals surface area contributed by atoms with Crippen LogP contribution in [0.3, 0.4) is 0 Å². The number of rotatable bonds is 3. The number of nitrogens with zero attached hydrogens (tertiary/aromatic N) is 1. The first-order chi connectivity index (χ1) is 5.22. The van der Waals surface area contributed by atoms with Crippen LogP contribution in [0.4, 0.5) is 0 Å². The van der Waals surface area contributed by atoms with E-state index in [2.05, 4.69) is 25.7 Å². The lowest BCUT2D eigenvalue weighted by Gasteiger charge is -2.15. The van der Waals surface area contributed by atoms with E-state index in [1.807, 2.05) is 0 Å². The maximum absolute atomic E-state index is 5.70. The second-order valence-corrected chi connectivity index (χ2v) is 3.49. The Morgan fingerprint density at radius 3 is 2.73 bits per heavy atom. The van der Waals surface area contributed by atoms with Gasteiger partial charge >= 0.3 is 0 Å². The van der Waals surface area contributed by atoms with Crippen LogP contribution in [-0.4, -0.2) is 36.7 Å². The van der Waals surface area contributed by atoms with Gasteiger partial charge in [0.25, 0.3) is 0 Å². The van der Waals surface area contributed by atoms with Gasteiger partial charge in [-0.3, -0.25) is 0 Å². The monoisotopic (exact) mass is 157 g/mol. The van der Waals surface area contributed by atoms with Crippen LogP contribution in [-0.2, 0) is 4.74 Å². The molecule has 0 unspecified atom stereocenters. The minimum absolute atomic E-state index is 0.386. The van der Waals surface area contributed by atoms with Crippen LogP contribution in [0, 0.1) is 0 Å². The third-order valence-corrected chi connectivity index (χ3v) is 2.14. The van der Waals surface area contributed by atoms with Gasteiger partial charge < -0.3 is 9.64 Å². The van der Waals surface area contributed by atoms with E-state index < -0.39 is 0 Å². The van der Waals surface area contributed by atoms with Crippen molar-refractivity contribution in [3.8, 4) is 0 Å². The molecule has 0 aromatic rings. The van der Waals surface area contributed by atoms with Crippen LogP contribution >= 0.6 is 0 Å². The van der Waals surface area contributed by atoms with Crippen molar-refractivity contribution >= 4 is 0 Å². The Kier molecular flexibility index (Phi) is 3.34. The SMILES string of the molecule is CCN1CC[C@H](OC(C)C)C1. The molecule has 11 heavy (non-hydrogen) atoms. The van der Waals surface area contributed by atoms with Crippen LogP contribution in [0.15, 0.2) is 0 Å². The van der Waals surface area contributed by atoms with Crippen molar-refractivity contribution in [2.75, 3.05) is 19.6 Å². The summed E-state index contributed by atoms with van der Waals surface area (Å²) in [5.74, 6) is 0. The highest BCUT2D eigenvalue weighted by Gasteiger charge is 2.21. The predicted molar refractivity (Wildman–Crippen MR) is 46.7 cm³/mol. The second-order valence-electron chi connectivity index (χ2n) is 3.49. The van der Waals surface area contributed by atoms with Crippen LogP contribution in [0.2, 0.25) is 0 Å². The van der Waals surface area contributed by atoms with Crippen molar-refractivity contribution in [3.05, 3.63) is 0 Å². The molecule has 1 aliphatic rings. The Bertz CT molecular complexity index is 114. The highest BCUT2D eigenvalue weighted by atomic mass is 16.5. The van der Waals surface area contributed by atoms with E-state index in [9.17, 15) is 0 Å². The van der Waals surface area contributed by atoms with Crippen LogP contribution < -0.4 is 0 Å². The average Bonchev–Trinajstić information content (AvgIpc) is 2.34.